The molecule has 2 heterocycles. The third-order valence-electron chi connectivity index (χ3n) is 3.29. The largest absolute Gasteiger partial charge is 0.374 e. The lowest BCUT2D eigenvalue weighted by Gasteiger charge is -2.25. The Morgan fingerprint density at radius 3 is 1.72 bits per heavy atom. The molecule has 0 radical (unpaired) electrons. The van der Waals surface area contributed by atoms with Gasteiger partial charge < -0.3 is 11.5 Å². The first-order valence-corrected chi connectivity index (χ1v) is 7.53. The summed E-state index contributed by atoms with van der Waals surface area (Å²) < 4.78 is 0. The Bertz CT molecular complexity index is 490. The van der Waals surface area contributed by atoms with E-state index in [4.69, 9.17) is 11.5 Å². The lowest BCUT2D eigenvalue weighted by Crippen LogP contribution is -2.12. The topological polar surface area (TPSA) is 104 Å². The van der Waals surface area contributed by atoms with Gasteiger partial charge in [-0.05, 0) is 19.3 Å². The van der Waals surface area contributed by atoms with Crippen LogP contribution in [0.3, 0.4) is 0 Å². The second-order valence-corrected chi connectivity index (χ2v) is 6.60. The maximum atomic E-state index is 5.64. The van der Waals surface area contributed by atoms with Gasteiger partial charge in [0.1, 0.15) is 10.0 Å². The van der Waals surface area contributed by atoms with E-state index in [1.165, 1.54) is 29.1 Å². The molecule has 0 aliphatic heterocycles. The summed E-state index contributed by atoms with van der Waals surface area (Å²) in [6.07, 6.45) is 4.52. The average molecular weight is 282 g/mol. The molecule has 8 heteroatoms. The summed E-state index contributed by atoms with van der Waals surface area (Å²) in [5.74, 6) is 0.896. The number of rotatable bonds is 2. The van der Waals surface area contributed by atoms with Gasteiger partial charge in [0, 0.05) is 11.8 Å². The van der Waals surface area contributed by atoms with E-state index in [1.807, 2.05) is 0 Å². The Hall–Kier alpha value is -1.28. The molecule has 2 atom stereocenters. The molecule has 0 spiro atoms. The highest BCUT2D eigenvalue weighted by molar-refractivity contribution is 7.15. The van der Waals surface area contributed by atoms with Gasteiger partial charge in [-0.25, -0.2) is 0 Å². The molecule has 2 aromatic heterocycles. The van der Waals surface area contributed by atoms with Crippen molar-refractivity contribution in [1.82, 2.24) is 20.4 Å². The van der Waals surface area contributed by atoms with Gasteiger partial charge in [0.2, 0.25) is 10.3 Å². The molecule has 6 nitrogen and oxygen atoms in total. The second kappa shape index (κ2) is 4.77. The van der Waals surface area contributed by atoms with Gasteiger partial charge in [-0.15, -0.1) is 20.4 Å². The summed E-state index contributed by atoms with van der Waals surface area (Å²) in [6.45, 7) is 0. The van der Waals surface area contributed by atoms with Crippen molar-refractivity contribution in [2.45, 2.75) is 37.5 Å². The predicted octanol–water partition coefficient (Wildman–Crippen LogP) is 2.00. The molecular formula is C10H14N6S2. The highest BCUT2D eigenvalue weighted by Crippen LogP contribution is 2.42. The van der Waals surface area contributed by atoms with E-state index in [0.717, 1.165) is 29.3 Å². The lowest BCUT2D eigenvalue weighted by atomic mass is 9.82. The van der Waals surface area contributed by atoms with E-state index >= 15 is 0 Å². The van der Waals surface area contributed by atoms with Crippen LogP contribution in [0.1, 0.15) is 47.5 Å². The van der Waals surface area contributed by atoms with Crippen LogP contribution in [0.2, 0.25) is 0 Å². The zero-order valence-electron chi connectivity index (χ0n) is 9.74. The number of anilines is 2. The van der Waals surface area contributed by atoms with Gasteiger partial charge in [-0.1, -0.05) is 29.1 Å². The lowest BCUT2D eigenvalue weighted by molar-refractivity contribution is 0.390. The number of nitrogens with zero attached hydrogens (tertiary/aromatic N) is 4. The molecule has 2 aromatic rings. The van der Waals surface area contributed by atoms with Gasteiger partial charge in [-0.2, -0.15) is 0 Å². The Labute approximate surface area is 112 Å². The number of nitrogen functional groups attached to an aromatic ring is 2. The minimum Gasteiger partial charge on any atom is -0.374 e. The molecule has 3 rings (SSSR count). The number of hydrogen-bond acceptors (Lipinski definition) is 8. The van der Waals surface area contributed by atoms with E-state index < -0.39 is 0 Å². The maximum Gasteiger partial charge on any atom is 0.203 e. The second-order valence-electron chi connectivity index (χ2n) is 4.52. The summed E-state index contributed by atoms with van der Waals surface area (Å²) in [5, 5.41) is 19.3. The zero-order chi connectivity index (χ0) is 12.5. The van der Waals surface area contributed by atoms with Crippen LogP contribution in [0.15, 0.2) is 0 Å². The first kappa shape index (κ1) is 11.8. The predicted molar refractivity (Wildman–Crippen MR) is 72.6 cm³/mol. The number of aromatic nitrogens is 4. The maximum absolute atomic E-state index is 5.64. The van der Waals surface area contributed by atoms with E-state index in [9.17, 15) is 0 Å². The molecule has 0 amide bonds. The van der Waals surface area contributed by atoms with Crippen molar-refractivity contribution in [2.24, 2.45) is 0 Å². The molecule has 0 aromatic carbocycles. The van der Waals surface area contributed by atoms with Gasteiger partial charge in [-0.3, -0.25) is 0 Å². The van der Waals surface area contributed by atoms with Crippen molar-refractivity contribution < 1.29 is 0 Å². The van der Waals surface area contributed by atoms with Gasteiger partial charge in [0.25, 0.3) is 0 Å². The molecule has 4 N–H and O–H groups in total. The quantitative estimate of drug-likeness (QED) is 0.873. The summed E-state index contributed by atoms with van der Waals surface area (Å²) >= 11 is 2.99. The highest BCUT2D eigenvalue weighted by Gasteiger charge is 2.28. The minimum atomic E-state index is 0.448. The van der Waals surface area contributed by atoms with E-state index in [1.54, 1.807) is 0 Å². The molecule has 1 saturated carbocycles. The summed E-state index contributed by atoms with van der Waals surface area (Å²) in [6, 6.07) is 0. The van der Waals surface area contributed by atoms with Crippen LogP contribution >= 0.6 is 22.7 Å². The number of hydrogen-bond donors (Lipinski definition) is 2. The first-order valence-electron chi connectivity index (χ1n) is 5.90. The van der Waals surface area contributed by atoms with Crippen LogP contribution in [-0.4, -0.2) is 20.4 Å². The van der Waals surface area contributed by atoms with Gasteiger partial charge in [0.15, 0.2) is 0 Å². The Balaban J connectivity index is 1.76. The van der Waals surface area contributed by atoms with Gasteiger partial charge in [0.05, 0.1) is 0 Å². The average Bonchev–Trinajstić information content (AvgIpc) is 2.98. The van der Waals surface area contributed by atoms with Crippen LogP contribution in [0.25, 0.3) is 0 Å². The van der Waals surface area contributed by atoms with Crippen molar-refractivity contribution in [2.75, 3.05) is 11.5 Å². The third-order valence-corrected chi connectivity index (χ3v) is 5.12. The molecule has 1 unspecified atom stereocenters. The Morgan fingerprint density at radius 1 is 0.833 bits per heavy atom. The van der Waals surface area contributed by atoms with Crippen molar-refractivity contribution in [3.05, 3.63) is 10.0 Å². The molecule has 0 saturated heterocycles. The Morgan fingerprint density at radius 2 is 1.33 bits per heavy atom. The standard InChI is InChI=1S/C10H14N6S2/c11-9-15-13-7(17-9)5-2-1-3-6(4-5)8-14-16-10(12)18-8/h5-6H,1-4H2,(H2,11,15)(H2,12,16)/t5-,6?/m0/s1. The SMILES string of the molecule is Nc1nnc(C2CCC[C@H](c3nnc(N)s3)C2)s1. The summed E-state index contributed by atoms with van der Waals surface area (Å²) in [5.41, 5.74) is 11.3. The molecule has 96 valence electrons. The highest BCUT2D eigenvalue weighted by atomic mass is 32.1. The van der Waals surface area contributed by atoms with Crippen molar-refractivity contribution in [3.8, 4) is 0 Å². The third kappa shape index (κ3) is 2.30. The fraction of sp³-hybridized carbons (Fsp3) is 0.600. The van der Waals surface area contributed by atoms with E-state index in [-0.39, 0.29) is 0 Å². The van der Waals surface area contributed by atoms with Crippen LogP contribution in [0.4, 0.5) is 10.3 Å². The van der Waals surface area contributed by atoms with E-state index in [0.29, 0.717) is 22.1 Å². The molecule has 0 bridgehead atoms. The molecule has 1 fully saturated rings. The smallest absolute Gasteiger partial charge is 0.203 e. The molecular weight excluding hydrogens is 268 g/mol. The van der Waals surface area contributed by atoms with E-state index in [2.05, 4.69) is 20.4 Å². The Kier molecular flexibility index (Phi) is 3.13. The van der Waals surface area contributed by atoms with Crippen LogP contribution < -0.4 is 11.5 Å². The van der Waals surface area contributed by atoms with Crippen LogP contribution in [0.5, 0.6) is 0 Å². The zero-order valence-corrected chi connectivity index (χ0v) is 11.4. The monoisotopic (exact) mass is 282 g/mol. The van der Waals surface area contributed by atoms with Crippen LogP contribution in [0, 0.1) is 0 Å². The fourth-order valence-corrected chi connectivity index (χ4v) is 3.98. The molecule has 1 aliphatic carbocycles. The van der Waals surface area contributed by atoms with Gasteiger partial charge >= 0.3 is 0 Å². The van der Waals surface area contributed by atoms with Crippen molar-refractivity contribution in [3.63, 3.8) is 0 Å². The summed E-state index contributed by atoms with van der Waals surface area (Å²) in [7, 11) is 0. The minimum absolute atomic E-state index is 0.448. The first-order chi connectivity index (χ1) is 8.72. The summed E-state index contributed by atoms with van der Waals surface area (Å²) in [4.78, 5) is 0. The fourth-order valence-electron chi connectivity index (χ4n) is 2.46. The van der Waals surface area contributed by atoms with Crippen LogP contribution in [-0.2, 0) is 0 Å². The molecule has 18 heavy (non-hydrogen) atoms. The van der Waals surface area contributed by atoms with Crippen molar-refractivity contribution >= 4 is 32.9 Å². The molecule has 1 aliphatic rings. The normalized spacial score (nSPS) is 24.2. The van der Waals surface area contributed by atoms with Crippen molar-refractivity contribution in [1.29, 1.82) is 0 Å². The number of nitrogens with two attached hydrogens (primary N) is 2.